The van der Waals surface area contributed by atoms with Crippen molar-refractivity contribution in [2.24, 2.45) is 0 Å². The van der Waals surface area contributed by atoms with E-state index in [2.05, 4.69) is 0 Å². The third kappa shape index (κ3) is 4.23. The van der Waals surface area contributed by atoms with E-state index < -0.39 is 23.8 Å². The molecule has 0 radical (unpaired) electrons. The van der Waals surface area contributed by atoms with Crippen LogP contribution in [0.1, 0.15) is 22.3 Å². The Morgan fingerprint density at radius 2 is 1.59 bits per heavy atom. The second-order valence-corrected chi connectivity index (χ2v) is 7.42. The normalized spacial score (nSPS) is 15.9. The van der Waals surface area contributed by atoms with Crippen molar-refractivity contribution in [3.8, 4) is 5.75 Å². The summed E-state index contributed by atoms with van der Waals surface area (Å²) in [7, 11) is 1.53. The smallest absolute Gasteiger partial charge is 0.332 e. The van der Waals surface area contributed by atoms with E-state index in [1.165, 1.54) is 36.3 Å². The van der Waals surface area contributed by atoms with E-state index in [0.717, 1.165) is 10.5 Å². The Hall–Kier alpha value is -4.00. The highest BCUT2D eigenvalue weighted by Crippen LogP contribution is 2.30. The van der Waals surface area contributed by atoms with Crippen molar-refractivity contribution in [3.63, 3.8) is 0 Å². The molecule has 4 rings (SSSR count). The molecule has 1 saturated heterocycles. The molecule has 162 valence electrons. The number of ether oxygens (including phenoxy) is 1. The minimum Gasteiger partial charge on any atom is -0.497 e. The van der Waals surface area contributed by atoms with Crippen LogP contribution in [0.5, 0.6) is 5.75 Å². The highest BCUT2D eigenvalue weighted by molar-refractivity contribution is 6.22. The topological polar surface area (TPSA) is 66.9 Å². The summed E-state index contributed by atoms with van der Waals surface area (Å²) < 4.78 is 18.4. The molecular formula is C25H21FN2O4. The van der Waals surface area contributed by atoms with Crippen molar-refractivity contribution in [1.82, 2.24) is 4.90 Å². The number of carbonyl (C=O) groups excluding carboxylic acids is 3. The average molecular weight is 432 g/mol. The molecule has 1 fully saturated rings. The van der Waals surface area contributed by atoms with Gasteiger partial charge in [-0.2, -0.15) is 0 Å². The second-order valence-electron chi connectivity index (χ2n) is 7.42. The van der Waals surface area contributed by atoms with Crippen LogP contribution in [0, 0.1) is 5.82 Å². The second kappa shape index (κ2) is 9.01. The number of nitrogens with zero attached hydrogens (tertiary/aromatic N) is 2. The number of benzene rings is 3. The van der Waals surface area contributed by atoms with Crippen LogP contribution in [0.25, 0.3) is 0 Å². The van der Waals surface area contributed by atoms with Gasteiger partial charge in [0, 0.05) is 18.5 Å². The third-order valence-electron chi connectivity index (χ3n) is 5.39. The van der Waals surface area contributed by atoms with E-state index in [1.807, 2.05) is 30.3 Å². The van der Waals surface area contributed by atoms with Crippen LogP contribution in [0.2, 0.25) is 0 Å². The standard InChI is InChI=1S/C25H21FN2O4/c1-32-21-13-11-20(12-14-21)28-24(30)22(15-23(29)18-7-9-19(26)10-8-18)27(25(28)31)16-17-5-3-2-4-6-17/h2-14,22H,15-16H2,1H3. The predicted molar refractivity (Wildman–Crippen MR) is 117 cm³/mol. The Balaban J connectivity index is 1.65. The summed E-state index contributed by atoms with van der Waals surface area (Å²) >= 11 is 0. The highest BCUT2D eigenvalue weighted by atomic mass is 19.1. The molecule has 7 heteroatoms. The maximum Gasteiger partial charge on any atom is 0.332 e. The number of imide groups is 1. The lowest BCUT2D eigenvalue weighted by molar-refractivity contribution is -0.119. The summed E-state index contributed by atoms with van der Waals surface area (Å²) in [4.78, 5) is 41.9. The molecule has 1 atom stereocenters. The summed E-state index contributed by atoms with van der Waals surface area (Å²) in [6.45, 7) is 0.180. The number of rotatable bonds is 7. The van der Waals surface area contributed by atoms with Gasteiger partial charge in [-0.15, -0.1) is 0 Å². The summed E-state index contributed by atoms with van der Waals surface area (Å²) in [5, 5.41) is 0. The number of ketones is 1. The molecule has 0 saturated carbocycles. The molecule has 3 amide bonds. The van der Waals surface area contributed by atoms with Gasteiger partial charge in [0.15, 0.2) is 5.78 Å². The lowest BCUT2D eigenvalue weighted by Crippen LogP contribution is -2.36. The molecule has 3 aromatic carbocycles. The monoisotopic (exact) mass is 432 g/mol. The van der Waals surface area contributed by atoms with Gasteiger partial charge in [0.25, 0.3) is 5.91 Å². The Bertz CT molecular complexity index is 1130. The van der Waals surface area contributed by atoms with Crippen LogP contribution >= 0.6 is 0 Å². The molecule has 0 spiro atoms. The van der Waals surface area contributed by atoms with Crippen LogP contribution in [0.4, 0.5) is 14.9 Å². The Labute approximate surface area is 184 Å². The van der Waals surface area contributed by atoms with Gasteiger partial charge in [-0.05, 0) is 54.1 Å². The highest BCUT2D eigenvalue weighted by Gasteiger charge is 2.46. The van der Waals surface area contributed by atoms with E-state index in [9.17, 15) is 18.8 Å². The fraction of sp³-hybridized carbons (Fsp3) is 0.160. The Morgan fingerprint density at radius 3 is 2.22 bits per heavy atom. The summed E-state index contributed by atoms with van der Waals surface area (Å²) in [6, 6.07) is 19.5. The average Bonchev–Trinajstić information content (AvgIpc) is 3.04. The fourth-order valence-electron chi connectivity index (χ4n) is 3.69. The van der Waals surface area contributed by atoms with Gasteiger partial charge in [-0.25, -0.2) is 14.1 Å². The number of carbonyl (C=O) groups is 3. The zero-order chi connectivity index (χ0) is 22.7. The first-order valence-corrected chi connectivity index (χ1v) is 10.1. The zero-order valence-electron chi connectivity index (χ0n) is 17.4. The molecule has 0 aliphatic carbocycles. The quantitative estimate of drug-likeness (QED) is 0.409. The molecule has 0 aromatic heterocycles. The van der Waals surface area contributed by atoms with E-state index in [4.69, 9.17) is 4.74 Å². The van der Waals surface area contributed by atoms with Crippen molar-refractivity contribution in [2.45, 2.75) is 19.0 Å². The lowest BCUT2D eigenvalue weighted by Gasteiger charge is -2.21. The molecular weight excluding hydrogens is 411 g/mol. The minimum atomic E-state index is -0.970. The van der Waals surface area contributed by atoms with Crippen LogP contribution in [-0.2, 0) is 11.3 Å². The first kappa shape index (κ1) is 21.2. The van der Waals surface area contributed by atoms with Crippen molar-refractivity contribution < 1.29 is 23.5 Å². The lowest BCUT2D eigenvalue weighted by atomic mass is 10.0. The van der Waals surface area contributed by atoms with E-state index in [-0.39, 0.29) is 24.3 Å². The van der Waals surface area contributed by atoms with Crippen molar-refractivity contribution in [2.75, 3.05) is 12.0 Å². The Kier molecular flexibility index (Phi) is 5.98. The first-order valence-electron chi connectivity index (χ1n) is 10.1. The molecule has 32 heavy (non-hydrogen) atoms. The summed E-state index contributed by atoms with van der Waals surface area (Å²) in [5.41, 5.74) is 1.52. The van der Waals surface area contributed by atoms with Gasteiger partial charge < -0.3 is 9.64 Å². The maximum atomic E-state index is 13.3. The molecule has 1 aliphatic heterocycles. The van der Waals surface area contributed by atoms with E-state index >= 15 is 0 Å². The molecule has 0 bridgehead atoms. The fourth-order valence-corrected chi connectivity index (χ4v) is 3.69. The largest absolute Gasteiger partial charge is 0.497 e. The number of Topliss-reactive ketones (excluding diaryl/α,β-unsaturated/α-hetero) is 1. The summed E-state index contributed by atoms with van der Waals surface area (Å²) in [6.07, 6.45) is -0.199. The molecule has 3 aromatic rings. The van der Waals surface area contributed by atoms with Gasteiger partial charge in [-0.1, -0.05) is 30.3 Å². The van der Waals surface area contributed by atoms with Crippen molar-refractivity contribution in [1.29, 1.82) is 0 Å². The molecule has 1 aliphatic rings. The maximum absolute atomic E-state index is 13.3. The van der Waals surface area contributed by atoms with Crippen LogP contribution in [0.15, 0.2) is 78.9 Å². The number of methoxy groups -OCH3 is 1. The van der Waals surface area contributed by atoms with Crippen LogP contribution in [-0.4, -0.2) is 35.8 Å². The predicted octanol–water partition coefficient (Wildman–Crippen LogP) is 4.44. The molecule has 1 heterocycles. The number of hydrogen-bond donors (Lipinski definition) is 0. The zero-order valence-corrected chi connectivity index (χ0v) is 17.4. The molecule has 0 N–H and O–H groups in total. The van der Waals surface area contributed by atoms with Gasteiger partial charge in [0.2, 0.25) is 0 Å². The van der Waals surface area contributed by atoms with Gasteiger partial charge >= 0.3 is 6.03 Å². The first-order chi connectivity index (χ1) is 15.5. The van der Waals surface area contributed by atoms with Crippen LogP contribution in [0.3, 0.4) is 0 Å². The molecule has 6 nitrogen and oxygen atoms in total. The summed E-state index contributed by atoms with van der Waals surface area (Å²) in [5.74, 6) is -0.681. The van der Waals surface area contributed by atoms with E-state index in [1.54, 1.807) is 24.3 Å². The van der Waals surface area contributed by atoms with Crippen molar-refractivity contribution >= 4 is 23.4 Å². The molecule has 1 unspecified atom stereocenters. The van der Waals surface area contributed by atoms with Gasteiger partial charge in [0.05, 0.1) is 12.8 Å². The van der Waals surface area contributed by atoms with Gasteiger partial charge in [0.1, 0.15) is 17.6 Å². The number of amides is 3. The minimum absolute atomic E-state index is 0.180. The number of anilines is 1. The van der Waals surface area contributed by atoms with E-state index in [0.29, 0.717) is 11.4 Å². The number of halogens is 1. The van der Waals surface area contributed by atoms with Crippen molar-refractivity contribution in [3.05, 3.63) is 95.8 Å². The SMILES string of the molecule is COc1ccc(N2C(=O)C(CC(=O)c3ccc(F)cc3)N(Cc3ccccc3)C2=O)cc1. The number of hydrogen-bond acceptors (Lipinski definition) is 4. The van der Waals surface area contributed by atoms with Crippen LogP contribution < -0.4 is 9.64 Å². The third-order valence-corrected chi connectivity index (χ3v) is 5.39. The Morgan fingerprint density at radius 1 is 0.938 bits per heavy atom. The van der Waals surface area contributed by atoms with Gasteiger partial charge in [-0.3, -0.25) is 9.59 Å². The number of urea groups is 1.